The molecule has 1 heteroatoms. The lowest BCUT2D eigenvalue weighted by atomic mass is 9.91. The monoisotopic (exact) mass is 278 g/mol. The predicted molar refractivity (Wildman–Crippen MR) is 93.8 cm³/mol. The van der Waals surface area contributed by atoms with Crippen molar-refractivity contribution in [3.05, 3.63) is 70.9 Å². The number of fused-ring (bicyclic) bond motifs is 4. The fourth-order valence-corrected chi connectivity index (χ4v) is 4.00. The number of rotatable bonds is 0. The van der Waals surface area contributed by atoms with Crippen LogP contribution in [0, 0.1) is 0 Å². The first kappa shape index (κ1) is 10.7. The van der Waals surface area contributed by atoms with E-state index in [1.165, 1.54) is 37.7 Å². The zero-order valence-electron chi connectivity index (χ0n) is 11.7. The van der Waals surface area contributed by atoms with Gasteiger partial charge in [0.15, 0.2) is 5.43 Å². The molecule has 0 aliphatic carbocycles. The van der Waals surface area contributed by atoms with E-state index in [-0.39, 0.29) is 5.43 Å². The molecule has 0 aromatic heterocycles. The third kappa shape index (κ3) is 1.07. The zero-order valence-corrected chi connectivity index (χ0v) is 11.7. The molecule has 6 aromatic carbocycles. The molecule has 0 heterocycles. The van der Waals surface area contributed by atoms with Gasteiger partial charge in [-0.05, 0) is 55.2 Å². The molecule has 0 radical (unpaired) electrons. The second kappa shape index (κ2) is 3.28. The maximum Gasteiger partial charge on any atom is 0.195 e. The fraction of sp³-hybridized carbons (Fsp3) is 0. The molecular weight excluding hydrogens is 268 g/mol. The maximum atomic E-state index is 12.0. The Morgan fingerprint density at radius 3 is 2.14 bits per heavy atom. The van der Waals surface area contributed by atoms with Gasteiger partial charge in [-0.1, -0.05) is 48.5 Å². The topological polar surface area (TPSA) is 17.1 Å². The molecule has 6 rings (SSSR count). The van der Waals surface area contributed by atoms with Crippen molar-refractivity contribution in [2.75, 3.05) is 0 Å². The second-order valence-electron chi connectivity index (χ2n) is 6.15. The van der Waals surface area contributed by atoms with E-state index in [0.717, 1.165) is 16.2 Å². The van der Waals surface area contributed by atoms with Gasteiger partial charge in [0.05, 0.1) is 0 Å². The van der Waals surface area contributed by atoms with Gasteiger partial charge < -0.3 is 0 Å². The Balaban J connectivity index is 2.05. The minimum atomic E-state index is 0.216. The van der Waals surface area contributed by atoms with Crippen LogP contribution in [0.5, 0.6) is 0 Å². The third-order valence-corrected chi connectivity index (χ3v) is 5.03. The molecule has 0 atom stereocenters. The van der Waals surface area contributed by atoms with E-state index in [2.05, 4.69) is 54.6 Å². The van der Waals surface area contributed by atoms with Gasteiger partial charge in [-0.3, -0.25) is 4.79 Å². The first-order valence-electron chi connectivity index (χ1n) is 7.51. The van der Waals surface area contributed by atoms with Crippen molar-refractivity contribution in [1.82, 2.24) is 0 Å². The molecule has 100 valence electrons. The molecule has 0 saturated heterocycles. The lowest BCUT2D eigenvalue weighted by molar-refractivity contribution is 1.80. The van der Waals surface area contributed by atoms with Crippen LogP contribution < -0.4 is 5.43 Å². The summed E-state index contributed by atoms with van der Waals surface area (Å²) >= 11 is 0. The molecule has 0 N–H and O–H groups in total. The molecule has 0 saturated carbocycles. The Bertz CT molecular complexity index is 1380. The van der Waals surface area contributed by atoms with Crippen LogP contribution in [0.2, 0.25) is 0 Å². The summed E-state index contributed by atoms with van der Waals surface area (Å²) in [4.78, 5) is 12.0. The van der Waals surface area contributed by atoms with Gasteiger partial charge >= 0.3 is 0 Å². The molecule has 1 nitrogen and oxygen atoms in total. The van der Waals surface area contributed by atoms with E-state index in [1.807, 2.05) is 6.07 Å². The second-order valence-corrected chi connectivity index (χ2v) is 6.15. The Labute approximate surface area is 125 Å². The number of benzene rings is 5. The highest BCUT2D eigenvalue weighted by molar-refractivity contribution is 6.34. The fourth-order valence-electron chi connectivity index (χ4n) is 4.00. The lowest BCUT2D eigenvalue weighted by Crippen LogP contribution is -1.84. The predicted octanol–water partition coefficient (Wildman–Crippen LogP) is 5.13. The standard InChI is InChI=1S/C21H10O/c22-21-17-10-13-6-5-12-9-11-3-1-2-4-14(11)15-7-8-16(20(17)21)19(13)18(12)15/h1-10H. The van der Waals surface area contributed by atoms with E-state index >= 15 is 0 Å². The molecule has 0 amide bonds. The first-order valence-corrected chi connectivity index (χ1v) is 7.51. The highest BCUT2D eigenvalue weighted by Crippen LogP contribution is 2.41. The third-order valence-electron chi connectivity index (χ3n) is 5.03. The number of hydrogen-bond donors (Lipinski definition) is 0. The molecule has 22 heavy (non-hydrogen) atoms. The molecule has 0 aliphatic rings. The van der Waals surface area contributed by atoms with Crippen LogP contribution in [0.4, 0.5) is 0 Å². The van der Waals surface area contributed by atoms with Crippen LogP contribution >= 0.6 is 0 Å². The smallest absolute Gasteiger partial charge is 0.195 e. The summed E-state index contributed by atoms with van der Waals surface area (Å²) in [6.45, 7) is 0. The van der Waals surface area contributed by atoms with Gasteiger partial charge in [0.25, 0.3) is 0 Å². The van der Waals surface area contributed by atoms with Gasteiger partial charge in [-0.2, -0.15) is 0 Å². The minimum absolute atomic E-state index is 0.216. The highest BCUT2D eigenvalue weighted by atomic mass is 16.1. The summed E-state index contributed by atoms with van der Waals surface area (Å²) < 4.78 is 0. The number of hydrogen-bond acceptors (Lipinski definition) is 1. The largest absolute Gasteiger partial charge is 0.289 e. The molecule has 0 bridgehead atoms. The average Bonchev–Trinajstić information content (AvgIpc) is 3.22. The van der Waals surface area contributed by atoms with E-state index in [1.54, 1.807) is 0 Å². The summed E-state index contributed by atoms with van der Waals surface area (Å²) in [5, 5.41) is 11.7. The van der Waals surface area contributed by atoms with Crippen molar-refractivity contribution in [3.63, 3.8) is 0 Å². The van der Waals surface area contributed by atoms with Crippen LogP contribution in [-0.2, 0) is 0 Å². The molecule has 0 fully saturated rings. The first-order chi connectivity index (χ1) is 10.8. The zero-order chi connectivity index (χ0) is 14.4. The summed E-state index contributed by atoms with van der Waals surface area (Å²) in [6, 6.07) is 21.4. The Kier molecular flexibility index (Phi) is 1.60. The summed E-state index contributed by atoms with van der Waals surface area (Å²) in [5.74, 6) is 0. The molecule has 6 aromatic rings. The van der Waals surface area contributed by atoms with Crippen molar-refractivity contribution in [2.45, 2.75) is 0 Å². The van der Waals surface area contributed by atoms with Crippen molar-refractivity contribution in [2.24, 2.45) is 0 Å². The Hall–Kier alpha value is -2.93. The van der Waals surface area contributed by atoms with Crippen molar-refractivity contribution < 1.29 is 0 Å². The van der Waals surface area contributed by atoms with E-state index in [4.69, 9.17) is 0 Å². The van der Waals surface area contributed by atoms with Crippen molar-refractivity contribution in [3.8, 4) is 0 Å². The van der Waals surface area contributed by atoms with Crippen LogP contribution in [0.15, 0.2) is 65.5 Å². The van der Waals surface area contributed by atoms with Crippen LogP contribution in [-0.4, -0.2) is 0 Å². The molecule has 0 spiro atoms. The van der Waals surface area contributed by atoms with Gasteiger partial charge in [0, 0.05) is 10.8 Å². The summed E-state index contributed by atoms with van der Waals surface area (Å²) in [6.07, 6.45) is 0. The summed E-state index contributed by atoms with van der Waals surface area (Å²) in [5.41, 5.74) is 0.216. The highest BCUT2D eigenvalue weighted by Gasteiger charge is 2.20. The Morgan fingerprint density at radius 1 is 0.500 bits per heavy atom. The molecule has 0 aliphatic heterocycles. The maximum absolute atomic E-state index is 12.0. The van der Waals surface area contributed by atoms with Crippen LogP contribution in [0.1, 0.15) is 0 Å². The quantitative estimate of drug-likeness (QED) is 0.278. The van der Waals surface area contributed by atoms with E-state index in [0.29, 0.717) is 0 Å². The molecular formula is C21H10O. The van der Waals surface area contributed by atoms with Crippen molar-refractivity contribution >= 4 is 53.9 Å². The SMILES string of the molecule is O=c1c2cc3ccc4cc5ccccc5c5ccc(c12)c3c45. The van der Waals surface area contributed by atoms with Gasteiger partial charge in [0.2, 0.25) is 0 Å². The van der Waals surface area contributed by atoms with Gasteiger partial charge in [-0.15, -0.1) is 0 Å². The van der Waals surface area contributed by atoms with Crippen LogP contribution in [0.3, 0.4) is 0 Å². The normalized spacial score (nSPS) is 12.7. The molecule has 0 unspecified atom stereocenters. The lowest BCUT2D eigenvalue weighted by Gasteiger charge is -2.12. The van der Waals surface area contributed by atoms with Crippen LogP contribution in [0.25, 0.3) is 53.9 Å². The minimum Gasteiger partial charge on any atom is -0.289 e. The Morgan fingerprint density at radius 2 is 1.23 bits per heavy atom. The van der Waals surface area contributed by atoms with Gasteiger partial charge in [-0.25, -0.2) is 0 Å². The van der Waals surface area contributed by atoms with E-state index < -0.39 is 0 Å². The van der Waals surface area contributed by atoms with E-state index in [9.17, 15) is 4.79 Å². The van der Waals surface area contributed by atoms with Crippen molar-refractivity contribution in [1.29, 1.82) is 0 Å². The summed E-state index contributed by atoms with van der Waals surface area (Å²) in [7, 11) is 0. The average molecular weight is 278 g/mol. The van der Waals surface area contributed by atoms with Gasteiger partial charge in [0.1, 0.15) is 0 Å².